The topological polar surface area (TPSA) is 87.7 Å². The van der Waals surface area contributed by atoms with Gasteiger partial charge >= 0.3 is 0 Å². The molecule has 2 N–H and O–H groups in total. The highest BCUT2D eigenvalue weighted by Crippen LogP contribution is 2.30. The van der Waals surface area contributed by atoms with E-state index in [1.165, 1.54) is 29.3 Å². The number of carbonyl (C=O) groups excluding carboxylic acids is 1. The van der Waals surface area contributed by atoms with Crippen LogP contribution >= 0.6 is 23.1 Å². The number of nitrogens with one attached hydrogen (secondary N) is 2. The molecule has 3 aromatic rings. The summed E-state index contributed by atoms with van der Waals surface area (Å²) in [7, 11) is 0. The van der Waals surface area contributed by atoms with Crippen LogP contribution in [0.15, 0.2) is 41.5 Å². The molecule has 0 aliphatic heterocycles. The molecule has 1 amide bonds. The van der Waals surface area contributed by atoms with Crippen molar-refractivity contribution in [3.05, 3.63) is 68.0 Å². The number of carbonyl (C=O) groups is 1. The highest BCUT2D eigenvalue weighted by molar-refractivity contribution is 7.98. The van der Waals surface area contributed by atoms with Crippen molar-refractivity contribution in [2.75, 3.05) is 12.0 Å². The molecular formula is C22H24N4O2S2. The first-order chi connectivity index (χ1) is 14.6. The number of hydrogen-bond donors (Lipinski definition) is 2. The highest BCUT2D eigenvalue weighted by Gasteiger charge is 2.22. The Morgan fingerprint density at radius 2 is 2.20 bits per heavy atom. The molecule has 1 atom stereocenters. The normalized spacial score (nSPS) is 14.2. The van der Waals surface area contributed by atoms with Crippen molar-refractivity contribution in [2.45, 2.75) is 38.1 Å². The second-order valence-corrected chi connectivity index (χ2v) is 9.46. The molecule has 0 bridgehead atoms. The summed E-state index contributed by atoms with van der Waals surface area (Å²) < 4.78 is 0. The Kier molecular flexibility index (Phi) is 6.64. The first-order valence-electron chi connectivity index (χ1n) is 10.1. The van der Waals surface area contributed by atoms with E-state index < -0.39 is 0 Å². The third-order valence-electron chi connectivity index (χ3n) is 5.19. The summed E-state index contributed by atoms with van der Waals surface area (Å²) in [5.41, 5.74) is 2.37. The maximum atomic E-state index is 13.0. The van der Waals surface area contributed by atoms with Crippen LogP contribution in [0.2, 0.25) is 0 Å². The number of aromatic amines is 1. The number of nitrogens with zero attached hydrogens (tertiary/aromatic N) is 2. The SMILES string of the molecule is CSCCC(NC(=O)c1cc2c(s1)CCCC2)c1cc(=O)[nH]c(-c2cccnc2)n1. The third kappa shape index (κ3) is 4.82. The fraction of sp³-hybridized carbons (Fsp3) is 0.364. The second kappa shape index (κ2) is 9.57. The monoisotopic (exact) mass is 440 g/mol. The van der Waals surface area contributed by atoms with Crippen LogP contribution in [0.5, 0.6) is 0 Å². The van der Waals surface area contributed by atoms with Gasteiger partial charge < -0.3 is 10.3 Å². The van der Waals surface area contributed by atoms with Gasteiger partial charge in [0.1, 0.15) is 5.82 Å². The van der Waals surface area contributed by atoms with E-state index in [0.29, 0.717) is 17.9 Å². The maximum absolute atomic E-state index is 13.0. The third-order valence-corrected chi connectivity index (χ3v) is 7.07. The van der Waals surface area contributed by atoms with E-state index in [0.717, 1.165) is 29.0 Å². The van der Waals surface area contributed by atoms with Gasteiger partial charge in [0.2, 0.25) is 0 Å². The van der Waals surface area contributed by atoms with Gasteiger partial charge in [-0.25, -0.2) is 4.98 Å². The van der Waals surface area contributed by atoms with Gasteiger partial charge in [-0.3, -0.25) is 14.6 Å². The van der Waals surface area contributed by atoms with E-state index in [9.17, 15) is 9.59 Å². The number of hydrogen-bond acceptors (Lipinski definition) is 6. The summed E-state index contributed by atoms with van der Waals surface area (Å²) in [5.74, 6) is 1.22. The number of pyridine rings is 1. The standard InChI is InChI=1S/C22H24N4O2S2/c1-29-10-8-16(25-22(28)19-11-14-5-2-3-7-18(14)30-19)17-12-20(27)26-21(24-17)15-6-4-9-23-13-15/h4,6,9,11-13,16H,2-3,5,7-8,10H2,1H3,(H,25,28)(H,24,26,27). The first kappa shape index (κ1) is 20.8. The average Bonchev–Trinajstić information content (AvgIpc) is 3.21. The molecule has 30 heavy (non-hydrogen) atoms. The minimum Gasteiger partial charge on any atom is -0.343 e. The lowest BCUT2D eigenvalue weighted by Gasteiger charge is -2.18. The summed E-state index contributed by atoms with van der Waals surface area (Å²) in [6.07, 6.45) is 10.6. The zero-order chi connectivity index (χ0) is 20.9. The van der Waals surface area contributed by atoms with Crippen LogP contribution in [-0.2, 0) is 12.8 Å². The highest BCUT2D eigenvalue weighted by atomic mass is 32.2. The van der Waals surface area contributed by atoms with Crippen LogP contribution in [0.4, 0.5) is 0 Å². The number of thiophene rings is 1. The number of fused-ring (bicyclic) bond motifs is 1. The van der Waals surface area contributed by atoms with E-state index in [2.05, 4.69) is 20.3 Å². The lowest BCUT2D eigenvalue weighted by Crippen LogP contribution is -2.30. The Morgan fingerprint density at radius 3 is 2.97 bits per heavy atom. The number of rotatable bonds is 7. The Morgan fingerprint density at radius 1 is 1.33 bits per heavy atom. The van der Waals surface area contributed by atoms with Crippen molar-refractivity contribution in [3.63, 3.8) is 0 Å². The second-order valence-electron chi connectivity index (χ2n) is 7.33. The number of amides is 1. The molecule has 0 saturated heterocycles. The maximum Gasteiger partial charge on any atom is 0.261 e. The Hall–Kier alpha value is -2.45. The largest absolute Gasteiger partial charge is 0.343 e. The number of H-pyrrole nitrogens is 1. The van der Waals surface area contributed by atoms with Gasteiger partial charge in [-0.15, -0.1) is 11.3 Å². The van der Waals surface area contributed by atoms with E-state index in [1.807, 2.05) is 18.4 Å². The van der Waals surface area contributed by atoms with Crippen molar-refractivity contribution in [2.24, 2.45) is 0 Å². The van der Waals surface area contributed by atoms with Gasteiger partial charge in [-0.1, -0.05) is 0 Å². The summed E-state index contributed by atoms with van der Waals surface area (Å²) in [4.78, 5) is 38.9. The van der Waals surface area contributed by atoms with Crippen molar-refractivity contribution in [1.29, 1.82) is 0 Å². The van der Waals surface area contributed by atoms with Gasteiger partial charge in [0.25, 0.3) is 11.5 Å². The van der Waals surface area contributed by atoms with Crippen LogP contribution in [0.1, 0.15) is 51.1 Å². The van der Waals surface area contributed by atoms with Crippen LogP contribution in [0, 0.1) is 0 Å². The first-order valence-corrected chi connectivity index (χ1v) is 12.3. The van der Waals surface area contributed by atoms with E-state index >= 15 is 0 Å². The van der Waals surface area contributed by atoms with Crippen molar-refractivity contribution in [1.82, 2.24) is 20.3 Å². The molecule has 0 spiro atoms. The molecule has 4 rings (SSSR count). The van der Waals surface area contributed by atoms with Crippen LogP contribution in [-0.4, -0.2) is 32.9 Å². The fourth-order valence-corrected chi connectivity index (χ4v) is 5.28. The predicted molar refractivity (Wildman–Crippen MR) is 122 cm³/mol. The zero-order valence-corrected chi connectivity index (χ0v) is 18.4. The molecule has 1 aliphatic carbocycles. The number of aromatic nitrogens is 3. The minimum atomic E-state index is -0.332. The molecule has 0 radical (unpaired) electrons. The summed E-state index contributed by atoms with van der Waals surface area (Å²) >= 11 is 3.30. The van der Waals surface area contributed by atoms with E-state index in [-0.39, 0.29) is 17.5 Å². The molecule has 1 aliphatic rings. The van der Waals surface area contributed by atoms with E-state index in [1.54, 1.807) is 41.6 Å². The van der Waals surface area contributed by atoms with Crippen LogP contribution in [0.25, 0.3) is 11.4 Å². The molecule has 3 heterocycles. The zero-order valence-electron chi connectivity index (χ0n) is 16.8. The quantitative estimate of drug-likeness (QED) is 0.580. The molecule has 6 nitrogen and oxygen atoms in total. The molecular weight excluding hydrogens is 416 g/mol. The minimum absolute atomic E-state index is 0.0921. The molecule has 3 aromatic heterocycles. The van der Waals surface area contributed by atoms with Gasteiger partial charge in [-0.2, -0.15) is 11.8 Å². The molecule has 0 saturated carbocycles. The molecule has 0 fully saturated rings. The smallest absolute Gasteiger partial charge is 0.261 e. The van der Waals surface area contributed by atoms with Crippen molar-refractivity contribution < 1.29 is 4.79 Å². The lowest BCUT2D eigenvalue weighted by molar-refractivity contribution is 0.0939. The van der Waals surface area contributed by atoms with Crippen LogP contribution < -0.4 is 10.9 Å². The predicted octanol–water partition coefficient (Wildman–Crippen LogP) is 4.00. The number of aryl methyl sites for hydroxylation is 2. The summed E-state index contributed by atoms with van der Waals surface area (Å²) in [6.45, 7) is 0. The molecule has 156 valence electrons. The van der Waals surface area contributed by atoms with Crippen molar-refractivity contribution in [3.8, 4) is 11.4 Å². The van der Waals surface area contributed by atoms with Crippen molar-refractivity contribution >= 4 is 29.0 Å². The van der Waals surface area contributed by atoms with Gasteiger partial charge in [0, 0.05) is 28.9 Å². The average molecular weight is 441 g/mol. The van der Waals surface area contributed by atoms with E-state index in [4.69, 9.17) is 0 Å². The summed E-state index contributed by atoms with van der Waals surface area (Å²) in [6, 6.07) is 6.83. The Balaban J connectivity index is 1.61. The fourth-order valence-electron chi connectivity index (χ4n) is 3.66. The Bertz CT molecular complexity index is 1050. The Labute approximate surface area is 183 Å². The summed E-state index contributed by atoms with van der Waals surface area (Å²) in [5, 5.41) is 3.13. The molecule has 1 unspecified atom stereocenters. The molecule has 8 heteroatoms. The van der Waals surface area contributed by atoms with Crippen LogP contribution in [0.3, 0.4) is 0 Å². The lowest BCUT2D eigenvalue weighted by atomic mass is 9.99. The van der Waals surface area contributed by atoms with Gasteiger partial charge in [0.15, 0.2) is 0 Å². The van der Waals surface area contributed by atoms with Gasteiger partial charge in [0.05, 0.1) is 16.6 Å². The number of thioether (sulfide) groups is 1. The molecule has 0 aromatic carbocycles. The van der Waals surface area contributed by atoms with Gasteiger partial charge in [-0.05, 0) is 67.9 Å².